The second-order valence-electron chi connectivity index (χ2n) is 2.66. The summed E-state index contributed by atoms with van der Waals surface area (Å²) in [6.45, 7) is 5.09. The zero-order valence-electron chi connectivity index (χ0n) is 7.92. The van der Waals surface area contributed by atoms with Gasteiger partial charge >= 0.3 is 0 Å². The predicted molar refractivity (Wildman–Crippen MR) is 48.2 cm³/mol. The van der Waals surface area contributed by atoms with Gasteiger partial charge in [-0.3, -0.25) is 0 Å². The third-order valence-electron chi connectivity index (χ3n) is 1.41. The highest BCUT2D eigenvalue weighted by Crippen LogP contribution is 1.91. The highest BCUT2D eigenvalue weighted by Gasteiger charge is 1.89. The van der Waals surface area contributed by atoms with Crippen molar-refractivity contribution in [3.8, 4) is 0 Å². The molecule has 0 aromatic carbocycles. The second kappa shape index (κ2) is 10.9. The van der Waals surface area contributed by atoms with Gasteiger partial charge in [0.2, 0.25) is 0 Å². The van der Waals surface area contributed by atoms with Crippen LogP contribution in [0.4, 0.5) is 0 Å². The van der Waals surface area contributed by atoms with E-state index in [0.29, 0.717) is 6.61 Å². The molecule has 0 saturated carbocycles. The Morgan fingerprint density at radius 1 is 0.917 bits per heavy atom. The molecule has 0 atom stereocenters. The van der Waals surface area contributed by atoms with Crippen LogP contribution in [-0.2, 0) is 9.47 Å². The summed E-state index contributed by atoms with van der Waals surface area (Å²) in [6.07, 6.45) is 3.15. The molecule has 0 aliphatic carbocycles. The normalized spacial score (nSPS) is 10.5. The molecule has 0 spiro atoms. The Bertz CT molecular complexity index is 66.2. The SMILES string of the molecule is CCCOCCCCOCCO. The number of hydrogen-bond donors (Lipinski definition) is 1. The van der Waals surface area contributed by atoms with E-state index in [-0.39, 0.29) is 6.61 Å². The van der Waals surface area contributed by atoms with Crippen LogP contribution in [0.1, 0.15) is 26.2 Å². The van der Waals surface area contributed by atoms with Crippen molar-refractivity contribution in [2.45, 2.75) is 26.2 Å². The molecule has 0 aliphatic rings. The topological polar surface area (TPSA) is 38.7 Å². The zero-order chi connectivity index (χ0) is 9.07. The Hall–Kier alpha value is -0.120. The Balaban J connectivity index is 2.73. The fourth-order valence-electron chi connectivity index (χ4n) is 0.821. The first-order valence-electron chi connectivity index (χ1n) is 4.68. The molecule has 0 aromatic heterocycles. The fourth-order valence-corrected chi connectivity index (χ4v) is 0.821. The average molecular weight is 176 g/mol. The number of ether oxygens (including phenoxy) is 2. The molecule has 0 saturated heterocycles. The summed E-state index contributed by atoms with van der Waals surface area (Å²) < 4.78 is 10.4. The average Bonchev–Trinajstić information content (AvgIpc) is 2.10. The predicted octanol–water partition coefficient (Wildman–Crippen LogP) is 1.20. The standard InChI is InChI=1S/C9H20O3/c1-2-6-11-7-3-4-8-12-9-5-10/h10H,2-9H2,1H3. The molecule has 0 amide bonds. The van der Waals surface area contributed by atoms with Crippen LogP contribution >= 0.6 is 0 Å². The molecule has 0 aliphatic heterocycles. The molecule has 3 nitrogen and oxygen atoms in total. The van der Waals surface area contributed by atoms with Crippen molar-refractivity contribution in [3.05, 3.63) is 0 Å². The van der Waals surface area contributed by atoms with Crippen LogP contribution in [0.3, 0.4) is 0 Å². The quantitative estimate of drug-likeness (QED) is 0.536. The minimum absolute atomic E-state index is 0.117. The summed E-state index contributed by atoms with van der Waals surface area (Å²) in [5.74, 6) is 0. The third-order valence-corrected chi connectivity index (χ3v) is 1.41. The number of rotatable bonds is 9. The van der Waals surface area contributed by atoms with Crippen LogP contribution in [0, 0.1) is 0 Å². The maximum atomic E-state index is 8.39. The van der Waals surface area contributed by atoms with E-state index in [9.17, 15) is 0 Å². The Labute approximate surface area is 74.7 Å². The molecule has 12 heavy (non-hydrogen) atoms. The number of hydrogen-bond acceptors (Lipinski definition) is 3. The van der Waals surface area contributed by atoms with Gasteiger partial charge in [-0.05, 0) is 19.3 Å². The lowest BCUT2D eigenvalue weighted by molar-refractivity contribution is 0.0794. The molecule has 0 radical (unpaired) electrons. The largest absolute Gasteiger partial charge is 0.394 e. The van der Waals surface area contributed by atoms with E-state index in [2.05, 4.69) is 6.92 Å². The fraction of sp³-hybridized carbons (Fsp3) is 1.00. The summed E-state index contributed by atoms with van der Waals surface area (Å²) in [5.41, 5.74) is 0. The van der Waals surface area contributed by atoms with Crippen molar-refractivity contribution < 1.29 is 14.6 Å². The second-order valence-corrected chi connectivity index (χ2v) is 2.66. The summed E-state index contributed by atoms with van der Waals surface area (Å²) in [5, 5.41) is 8.39. The molecular weight excluding hydrogens is 156 g/mol. The molecule has 0 bridgehead atoms. The lowest BCUT2D eigenvalue weighted by Crippen LogP contribution is -2.02. The first-order chi connectivity index (χ1) is 5.91. The summed E-state index contributed by atoms with van der Waals surface area (Å²) in [7, 11) is 0. The lowest BCUT2D eigenvalue weighted by atomic mass is 10.3. The van der Waals surface area contributed by atoms with E-state index in [1.165, 1.54) is 0 Å². The first-order valence-corrected chi connectivity index (χ1v) is 4.68. The number of aliphatic hydroxyl groups excluding tert-OH is 1. The van der Waals surface area contributed by atoms with Crippen molar-refractivity contribution >= 4 is 0 Å². The van der Waals surface area contributed by atoms with Gasteiger partial charge in [-0.1, -0.05) is 6.92 Å². The number of unbranched alkanes of at least 4 members (excludes halogenated alkanes) is 1. The van der Waals surface area contributed by atoms with E-state index < -0.39 is 0 Å². The van der Waals surface area contributed by atoms with E-state index >= 15 is 0 Å². The van der Waals surface area contributed by atoms with Crippen LogP contribution in [0.25, 0.3) is 0 Å². The maximum absolute atomic E-state index is 8.39. The molecule has 0 rings (SSSR count). The third kappa shape index (κ3) is 9.88. The molecule has 0 aromatic rings. The van der Waals surface area contributed by atoms with Gasteiger partial charge in [0.15, 0.2) is 0 Å². The Morgan fingerprint density at radius 2 is 1.50 bits per heavy atom. The van der Waals surface area contributed by atoms with Crippen LogP contribution in [0.2, 0.25) is 0 Å². The molecule has 74 valence electrons. The molecule has 1 N–H and O–H groups in total. The van der Waals surface area contributed by atoms with Gasteiger partial charge in [0.25, 0.3) is 0 Å². The Morgan fingerprint density at radius 3 is 2.00 bits per heavy atom. The van der Waals surface area contributed by atoms with Gasteiger partial charge < -0.3 is 14.6 Å². The summed E-state index contributed by atoms with van der Waals surface area (Å²) in [4.78, 5) is 0. The molecule has 3 heteroatoms. The van der Waals surface area contributed by atoms with Crippen molar-refractivity contribution in [1.82, 2.24) is 0 Å². The van der Waals surface area contributed by atoms with Crippen molar-refractivity contribution in [3.63, 3.8) is 0 Å². The van der Waals surface area contributed by atoms with E-state index in [1.807, 2.05) is 0 Å². The van der Waals surface area contributed by atoms with E-state index in [0.717, 1.165) is 39.1 Å². The molecule has 0 fully saturated rings. The smallest absolute Gasteiger partial charge is 0.0697 e. The molecule has 0 unspecified atom stereocenters. The molecular formula is C9H20O3. The molecule has 0 heterocycles. The lowest BCUT2D eigenvalue weighted by Gasteiger charge is -2.02. The van der Waals surface area contributed by atoms with Gasteiger partial charge in [0.05, 0.1) is 13.2 Å². The summed E-state index contributed by atoms with van der Waals surface area (Å²) in [6, 6.07) is 0. The minimum Gasteiger partial charge on any atom is -0.394 e. The zero-order valence-corrected chi connectivity index (χ0v) is 7.92. The van der Waals surface area contributed by atoms with Crippen LogP contribution < -0.4 is 0 Å². The van der Waals surface area contributed by atoms with Crippen LogP contribution in [-0.4, -0.2) is 38.1 Å². The minimum atomic E-state index is 0.117. The van der Waals surface area contributed by atoms with Gasteiger partial charge in [-0.2, -0.15) is 0 Å². The van der Waals surface area contributed by atoms with Gasteiger partial charge in [-0.15, -0.1) is 0 Å². The van der Waals surface area contributed by atoms with Crippen LogP contribution in [0.5, 0.6) is 0 Å². The van der Waals surface area contributed by atoms with Gasteiger partial charge in [-0.25, -0.2) is 0 Å². The van der Waals surface area contributed by atoms with Gasteiger partial charge in [0.1, 0.15) is 0 Å². The van der Waals surface area contributed by atoms with Gasteiger partial charge in [0, 0.05) is 19.8 Å². The number of aliphatic hydroxyl groups is 1. The van der Waals surface area contributed by atoms with Crippen LogP contribution in [0.15, 0.2) is 0 Å². The highest BCUT2D eigenvalue weighted by atomic mass is 16.5. The monoisotopic (exact) mass is 176 g/mol. The maximum Gasteiger partial charge on any atom is 0.0697 e. The van der Waals surface area contributed by atoms with Crippen molar-refractivity contribution in [2.75, 3.05) is 33.0 Å². The van der Waals surface area contributed by atoms with Crippen molar-refractivity contribution in [1.29, 1.82) is 0 Å². The highest BCUT2D eigenvalue weighted by molar-refractivity contribution is 4.38. The first kappa shape index (κ1) is 11.9. The van der Waals surface area contributed by atoms with E-state index in [4.69, 9.17) is 14.6 Å². The van der Waals surface area contributed by atoms with E-state index in [1.54, 1.807) is 0 Å². The Kier molecular flexibility index (Phi) is 10.8. The summed E-state index contributed by atoms with van der Waals surface area (Å²) >= 11 is 0. The van der Waals surface area contributed by atoms with Crippen molar-refractivity contribution in [2.24, 2.45) is 0 Å².